The van der Waals surface area contributed by atoms with Crippen LogP contribution in [0.2, 0.25) is 0 Å². The summed E-state index contributed by atoms with van der Waals surface area (Å²) in [6.07, 6.45) is 27.1. The predicted octanol–water partition coefficient (Wildman–Crippen LogP) is 8.81. The smallest absolute Gasteiger partial charge is 0.0814 e. The van der Waals surface area contributed by atoms with Crippen molar-refractivity contribution in [3.8, 4) is 0 Å². The zero-order valence-electron chi connectivity index (χ0n) is 21.8. The highest BCUT2D eigenvalue weighted by atomic mass is 15.3. The monoisotopic (exact) mass is 422 g/mol. The fourth-order valence-electron chi connectivity index (χ4n) is 4.11. The van der Waals surface area contributed by atoms with Gasteiger partial charge in [0.25, 0.3) is 0 Å². The number of allylic oxidation sites excluding steroid dienone is 1. The second-order valence-electron chi connectivity index (χ2n) is 9.24. The molecular formula is C28H58N2. The summed E-state index contributed by atoms with van der Waals surface area (Å²) in [5, 5.41) is 0. The van der Waals surface area contributed by atoms with E-state index in [0.717, 1.165) is 0 Å². The van der Waals surface area contributed by atoms with Crippen LogP contribution in [0.3, 0.4) is 0 Å². The minimum absolute atomic E-state index is 0.505. The van der Waals surface area contributed by atoms with Crippen molar-refractivity contribution >= 4 is 0 Å². The van der Waals surface area contributed by atoms with Crippen LogP contribution >= 0.6 is 0 Å². The Balaban J connectivity index is 4.93. The predicted molar refractivity (Wildman–Crippen MR) is 138 cm³/mol. The van der Waals surface area contributed by atoms with Crippen molar-refractivity contribution in [2.75, 3.05) is 26.2 Å². The molecule has 2 heteroatoms. The van der Waals surface area contributed by atoms with Gasteiger partial charge in [-0.25, -0.2) is 0 Å². The fraction of sp³-hybridized carbons (Fsp3) is 0.929. The topological polar surface area (TPSA) is 6.48 Å². The van der Waals surface area contributed by atoms with Crippen LogP contribution in [-0.2, 0) is 0 Å². The molecule has 0 bridgehead atoms. The summed E-state index contributed by atoms with van der Waals surface area (Å²) in [6, 6.07) is 0. The molecule has 0 aliphatic heterocycles. The largest absolute Gasteiger partial charge is 0.285 e. The first-order valence-electron chi connectivity index (χ1n) is 13.9. The molecule has 0 N–H and O–H groups in total. The van der Waals surface area contributed by atoms with Crippen LogP contribution in [0.15, 0.2) is 12.2 Å². The molecule has 2 nitrogen and oxygen atoms in total. The van der Waals surface area contributed by atoms with Crippen LogP contribution < -0.4 is 0 Å². The van der Waals surface area contributed by atoms with E-state index in [1.54, 1.807) is 0 Å². The van der Waals surface area contributed by atoms with Gasteiger partial charge in [0.2, 0.25) is 0 Å². The molecule has 30 heavy (non-hydrogen) atoms. The van der Waals surface area contributed by atoms with Gasteiger partial charge in [-0.15, -0.1) is 0 Å². The lowest BCUT2D eigenvalue weighted by molar-refractivity contribution is 0.0697. The molecule has 0 aliphatic carbocycles. The fourth-order valence-corrected chi connectivity index (χ4v) is 4.11. The highest BCUT2D eigenvalue weighted by Gasteiger charge is 2.21. The Kier molecular flexibility index (Phi) is 23.1. The lowest BCUT2D eigenvalue weighted by Crippen LogP contribution is -2.48. The maximum atomic E-state index is 2.79. The van der Waals surface area contributed by atoms with Crippen LogP contribution in [-0.4, -0.2) is 42.1 Å². The Hall–Kier alpha value is -0.340. The van der Waals surface area contributed by atoms with Gasteiger partial charge in [-0.3, -0.25) is 9.80 Å². The number of hydrogen-bond acceptors (Lipinski definition) is 2. The molecule has 180 valence electrons. The van der Waals surface area contributed by atoms with E-state index in [2.05, 4.69) is 56.6 Å². The SMILES string of the molecule is CCCCCCCCCC=CC(N(CCCC)CCCC)N(CCCC)CCCC. The number of hydrogen-bond donors (Lipinski definition) is 0. The van der Waals surface area contributed by atoms with Crippen molar-refractivity contribution in [2.45, 2.75) is 144 Å². The lowest BCUT2D eigenvalue weighted by atomic mass is 10.1. The molecular weight excluding hydrogens is 364 g/mol. The molecule has 0 unspecified atom stereocenters. The molecule has 0 aromatic carbocycles. The van der Waals surface area contributed by atoms with Crippen LogP contribution in [0.25, 0.3) is 0 Å². The standard InChI is InChI=1S/C28H58N2/c1-6-11-16-17-18-19-20-21-22-23-28(29(24-12-7-2)25-13-8-3)30(26-14-9-4)27-15-10-5/h22-23,28H,6-21,24-27H2,1-5H3. The van der Waals surface area contributed by atoms with E-state index in [1.807, 2.05) is 0 Å². The van der Waals surface area contributed by atoms with Gasteiger partial charge in [-0.1, -0.05) is 111 Å². The zero-order chi connectivity index (χ0) is 22.3. The third-order valence-corrected chi connectivity index (χ3v) is 6.23. The molecule has 0 aromatic heterocycles. The van der Waals surface area contributed by atoms with E-state index in [4.69, 9.17) is 0 Å². The minimum Gasteiger partial charge on any atom is -0.285 e. The van der Waals surface area contributed by atoms with E-state index in [1.165, 1.54) is 129 Å². The van der Waals surface area contributed by atoms with Gasteiger partial charge in [0, 0.05) is 0 Å². The van der Waals surface area contributed by atoms with Crippen molar-refractivity contribution in [3.05, 3.63) is 12.2 Å². The van der Waals surface area contributed by atoms with Crippen LogP contribution in [0.1, 0.15) is 137 Å². The summed E-state index contributed by atoms with van der Waals surface area (Å²) in [4.78, 5) is 5.58. The minimum atomic E-state index is 0.505. The van der Waals surface area contributed by atoms with E-state index < -0.39 is 0 Å². The third kappa shape index (κ3) is 16.4. The van der Waals surface area contributed by atoms with Gasteiger partial charge >= 0.3 is 0 Å². The van der Waals surface area contributed by atoms with Crippen molar-refractivity contribution in [1.29, 1.82) is 0 Å². The highest BCUT2D eigenvalue weighted by Crippen LogP contribution is 2.16. The van der Waals surface area contributed by atoms with Crippen molar-refractivity contribution in [2.24, 2.45) is 0 Å². The molecule has 0 aromatic rings. The highest BCUT2D eigenvalue weighted by molar-refractivity contribution is 4.95. The molecule has 0 aliphatic rings. The van der Waals surface area contributed by atoms with E-state index >= 15 is 0 Å². The Morgan fingerprint density at radius 2 is 0.833 bits per heavy atom. The lowest BCUT2D eigenvalue weighted by Gasteiger charge is -2.38. The normalized spacial score (nSPS) is 12.3. The summed E-state index contributed by atoms with van der Waals surface area (Å²) < 4.78 is 0. The third-order valence-electron chi connectivity index (χ3n) is 6.23. The van der Waals surface area contributed by atoms with Crippen molar-refractivity contribution in [3.63, 3.8) is 0 Å². The van der Waals surface area contributed by atoms with Crippen LogP contribution in [0.4, 0.5) is 0 Å². The first-order valence-corrected chi connectivity index (χ1v) is 13.9. The number of rotatable bonds is 23. The van der Waals surface area contributed by atoms with E-state index in [-0.39, 0.29) is 0 Å². The Morgan fingerprint density at radius 1 is 0.467 bits per heavy atom. The second kappa shape index (κ2) is 23.3. The Morgan fingerprint density at radius 3 is 1.23 bits per heavy atom. The van der Waals surface area contributed by atoms with Gasteiger partial charge < -0.3 is 0 Å². The molecule has 0 fully saturated rings. The average Bonchev–Trinajstić information content (AvgIpc) is 2.76. The maximum absolute atomic E-state index is 2.79. The summed E-state index contributed by atoms with van der Waals surface area (Å²) >= 11 is 0. The quantitative estimate of drug-likeness (QED) is 0.0921. The number of unbranched alkanes of at least 4 members (excludes halogenated alkanes) is 11. The van der Waals surface area contributed by atoms with Crippen molar-refractivity contribution < 1.29 is 0 Å². The van der Waals surface area contributed by atoms with Gasteiger partial charge in [0.15, 0.2) is 0 Å². The summed E-state index contributed by atoms with van der Waals surface area (Å²) in [5.74, 6) is 0. The first kappa shape index (κ1) is 29.7. The molecule has 0 amide bonds. The Bertz CT molecular complexity index is 317. The molecule has 0 heterocycles. The molecule has 0 atom stereocenters. The molecule has 0 spiro atoms. The van der Waals surface area contributed by atoms with E-state index in [0.29, 0.717) is 6.17 Å². The van der Waals surface area contributed by atoms with Gasteiger partial charge in [-0.2, -0.15) is 0 Å². The zero-order valence-corrected chi connectivity index (χ0v) is 21.8. The molecule has 0 rings (SSSR count). The van der Waals surface area contributed by atoms with Gasteiger partial charge in [0.1, 0.15) is 0 Å². The van der Waals surface area contributed by atoms with Crippen molar-refractivity contribution in [1.82, 2.24) is 9.80 Å². The summed E-state index contributed by atoms with van der Waals surface area (Å²) in [5.41, 5.74) is 0. The Labute approximate surface area is 191 Å². The first-order chi connectivity index (χ1) is 14.7. The number of nitrogens with zero attached hydrogens (tertiary/aromatic N) is 2. The maximum Gasteiger partial charge on any atom is 0.0814 e. The van der Waals surface area contributed by atoms with Crippen LogP contribution in [0, 0.1) is 0 Å². The van der Waals surface area contributed by atoms with E-state index in [9.17, 15) is 0 Å². The van der Waals surface area contributed by atoms with Gasteiger partial charge in [0.05, 0.1) is 6.17 Å². The molecule has 0 saturated heterocycles. The molecule has 0 saturated carbocycles. The van der Waals surface area contributed by atoms with Gasteiger partial charge in [-0.05, 0) is 64.7 Å². The second-order valence-corrected chi connectivity index (χ2v) is 9.24. The summed E-state index contributed by atoms with van der Waals surface area (Å²) in [7, 11) is 0. The average molecular weight is 423 g/mol. The summed E-state index contributed by atoms with van der Waals surface area (Å²) in [6.45, 7) is 16.6. The van der Waals surface area contributed by atoms with Crippen LogP contribution in [0.5, 0.6) is 0 Å². The molecule has 0 radical (unpaired) electrons.